The number of nitrogens with zero attached hydrogens (tertiary/aromatic N) is 2. The number of nitrogens with two attached hydrogens (primary N) is 1. The van der Waals surface area contributed by atoms with Crippen LogP contribution in [0.25, 0.3) is 0 Å². The van der Waals surface area contributed by atoms with Crippen LogP contribution in [0.1, 0.15) is 33.6 Å². The number of hydrogen-bond acceptors (Lipinski definition) is 8. The van der Waals surface area contributed by atoms with E-state index in [0.717, 1.165) is 6.42 Å². The maximum atomic E-state index is 13.1. The van der Waals surface area contributed by atoms with E-state index in [-0.39, 0.29) is 59.3 Å². The number of carboxylic acids is 1. The topological polar surface area (TPSA) is 174 Å². The van der Waals surface area contributed by atoms with Crippen molar-refractivity contribution >= 4 is 41.4 Å². The lowest BCUT2D eigenvalue weighted by atomic mass is 9.78. The van der Waals surface area contributed by atoms with Gasteiger partial charge in [-0.15, -0.1) is 11.8 Å². The number of fused-ring (bicyclic) bond motifs is 1. The Morgan fingerprint density at radius 3 is 2.67 bits per heavy atom. The van der Waals surface area contributed by atoms with Crippen molar-refractivity contribution in [2.45, 2.75) is 63.0 Å². The largest absolute Gasteiger partial charge is 0.477 e. The third-order valence-corrected chi connectivity index (χ3v) is 9.02. The molecule has 36 heavy (non-hydrogen) atoms. The molecule has 198 valence electrons. The number of hydrogen-bond donors (Lipinski definition) is 5. The highest BCUT2D eigenvalue weighted by Crippen LogP contribution is 2.51. The molecule has 4 amide bonds. The van der Waals surface area contributed by atoms with Gasteiger partial charge in [-0.05, 0) is 19.8 Å². The monoisotopic (exact) mass is 522 g/mol. The molecule has 4 heterocycles. The van der Waals surface area contributed by atoms with Gasteiger partial charge in [-0.1, -0.05) is 6.92 Å². The maximum absolute atomic E-state index is 13.1. The van der Waals surface area contributed by atoms with Crippen LogP contribution >= 0.6 is 11.8 Å². The Balaban J connectivity index is 1.38. The summed E-state index contributed by atoms with van der Waals surface area (Å²) in [5.41, 5.74) is 5.20. The molecular formula is C23H34N6O6S. The van der Waals surface area contributed by atoms with Crippen LogP contribution in [0.4, 0.5) is 0 Å². The molecule has 0 aliphatic carbocycles. The van der Waals surface area contributed by atoms with Gasteiger partial charge in [0.15, 0.2) is 0 Å². The van der Waals surface area contributed by atoms with Gasteiger partial charge in [0.05, 0.1) is 24.5 Å². The molecule has 0 saturated carbocycles. The summed E-state index contributed by atoms with van der Waals surface area (Å²) in [4.78, 5) is 64.4. The molecule has 3 fully saturated rings. The number of primary amides is 1. The van der Waals surface area contributed by atoms with E-state index in [2.05, 4.69) is 16.0 Å². The number of nitrogens with one attached hydrogen (secondary N) is 3. The molecule has 4 aliphatic heterocycles. The van der Waals surface area contributed by atoms with Crippen LogP contribution < -0.4 is 21.7 Å². The summed E-state index contributed by atoms with van der Waals surface area (Å²) in [6.45, 7) is 6.82. The summed E-state index contributed by atoms with van der Waals surface area (Å²) < 4.78 is 0. The Morgan fingerprint density at radius 1 is 1.31 bits per heavy atom. The summed E-state index contributed by atoms with van der Waals surface area (Å²) in [6, 6.07) is -1.04. The van der Waals surface area contributed by atoms with Gasteiger partial charge >= 0.3 is 5.97 Å². The van der Waals surface area contributed by atoms with Crippen LogP contribution in [0.3, 0.4) is 0 Å². The van der Waals surface area contributed by atoms with Gasteiger partial charge in [-0.3, -0.25) is 19.2 Å². The molecule has 13 heteroatoms. The van der Waals surface area contributed by atoms with Gasteiger partial charge in [0.1, 0.15) is 5.70 Å². The van der Waals surface area contributed by atoms with Gasteiger partial charge in [0.2, 0.25) is 23.6 Å². The number of aliphatic carboxylic acids is 1. The maximum Gasteiger partial charge on any atom is 0.353 e. The third kappa shape index (κ3) is 4.96. The molecule has 3 saturated heterocycles. The number of rotatable bonds is 9. The lowest BCUT2D eigenvalue weighted by Gasteiger charge is -2.47. The Kier molecular flexibility index (Phi) is 7.62. The first-order chi connectivity index (χ1) is 17.0. The quantitative estimate of drug-likeness (QED) is 0.224. The molecule has 0 radical (unpaired) electrons. The highest BCUT2D eigenvalue weighted by molar-refractivity contribution is 8.03. The SMILES string of the molecule is CC(=O)N[C@H](C)[C@H]1C(=O)N2C(C(=O)O)=C(S[C@@H]3CN[C@H](C(=O)N4CC[C@H](NCC(N)=O)C4)C3)[C@H](C)[C@H]12. The lowest BCUT2D eigenvalue weighted by Crippen LogP contribution is -2.66. The molecule has 6 N–H and O–H groups in total. The second kappa shape index (κ2) is 10.4. The van der Waals surface area contributed by atoms with E-state index in [1.54, 1.807) is 11.8 Å². The van der Waals surface area contributed by atoms with Crippen molar-refractivity contribution in [2.24, 2.45) is 17.6 Å². The van der Waals surface area contributed by atoms with Gasteiger partial charge in [0, 0.05) is 54.7 Å². The average Bonchev–Trinajstić information content (AvgIpc) is 3.50. The molecule has 0 aromatic rings. The lowest BCUT2D eigenvalue weighted by molar-refractivity contribution is -0.158. The molecule has 12 nitrogen and oxygen atoms in total. The molecule has 0 aromatic heterocycles. The summed E-state index contributed by atoms with van der Waals surface area (Å²) in [6.07, 6.45) is 1.30. The fourth-order valence-electron chi connectivity index (χ4n) is 5.86. The fraction of sp³-hybridized carbons (Fsp3) is 0.696. The van der Waals surface area contributed by atoms with Crippen LogP contribution in [0.5, 0.6) is 0 Å². The summed E-state index contributed by atoms with van der Waals surface area (Å²) in [7, 11) is 0. The molecule has 7 atom stereocenters. The molecule has 4 rings (SSSR count). The second-order valence-corrected chi connectivity index (χ2v) is 11.4. The number of likely N-dealkylation sites (tertiary alicyclic amines) is 1. The van der Waals surface area contributed by atoms with Gasteiger partial charge < -0.3 is 36.6 Å². The van der Waals surface area contributed by atoms with E-state index in [1.807, 2.05) is 6.92 Å². The van der Waals surface area contributed by atoms with Crippen molar-refractivity contribution < 1.29 is 29.1 Å². The van der Waals surface area contributed by atoms with Crippen molar-refractivity contribution in [3.63, 3.8) is 0 Å². The highest BCUT2D eigenvalue weighted by Gasteiger charge is 2.60. The zero-order chi connectivity index (χ0) is 26.3. The average molecular weight is 523 g/mol. The number of carboxylic acid groups (broad SMARTS) is 1. The molecule has 0 unspecified atom stereocenters. The first-order valence-electron chi connectivity index (χ1n) is 12.3. The standard InChI is InChI=1S/C23H34N6O6S/c1-10-18-17(11(2)27-12(3)30)22(33)29(18)19(23(34)35)20(10)36-14-6-15(26-7-14)21(32)28-5-4-13(9-28)25-8-16(24)31/h10-11,13-15,17-18,25-26H,4-9H2,1-3H3,(H2,24,31)(H,27,30)(H,34,35)/t10-,11-,13+,14+,15+,17-,18-/m1/s1. The van der Waals surface area contributed by atoms with E-state index in [9.17, 15) is 29.1 Å². The summed E-state index contributed by atoms with van der Waals surface area (Å²) in [5, 5.41) is 19.0. The van der Waals surface area contributed by atoms with E-state index in [0.29, 0.717) is 31.0 Å². The Morgan fingerprint density at radius 2 is 2.03 bits per heavy atom. The zero-order valence-corrected chi connectivity index (χ0v) is 21.5. The third-order valence-electron chi connectivity index (χ3n) is 7.51. The molecule has 0 spiro atoms. The van der Waals surface area contributed by atoms with Crippen molar-refractivity contribution in [2.75, 3.05) is 26.2 Å². The number of β-lactam (4-membered cyclic amide) rings is 1. The second-order valence-electron chi connectivity index (χ2n) is 10.1. The van der Waals surface area contributed by atoms with Crippen LogP contribution in [0.15, 0.2) is 10.6 Å². The number of carbonyl (C=O) groups excluding carboxylic acids is 4. The van der Waals surface area contributed by atoms with Crippen molar-refractivity contribution in [1.29, 1.82) is 0 Å². The van der Waals surface area contributed by atoms with E-state index in [4.69, 9.17) is 5.73 Å². The van der Waals surface area contributed by atoms with Gasteiger partial charge in [0.25, 0.3) is 0 Å². The Bertz CT molecular complexity index is 1000. The fourth-order valence-corrected chi connectivity index (χ4v) is 7.34. The highest BCUT2D eigenvalue weighted by atomic mass is 32.2. The minimum absolute atomic E-state index is 0.00317. The molecule has 4 aliphatic rings. The first kappa shape index (κ1) is 26.4. The van der Waals surface area contributed by atoms with Crippen LogP contribution in [-0.4, -0.2) is 100 Å². The van der Waals surface area contributed by atoms with E-state index in [1.165, 1.54) is 23.6 Å². The predicted molar refractivity (Wildman–Crippen MR) is 131 cm³/mol. The smallest absolute Gasteiger partial charge is 0.353 e. The van der Waals surface area contributed by atoms with Gasteiger partial charge in [-0.25, -0.2) is 4.79 Å². The zero-order valence-electron chi connectivity index (χ0n) is 20.7. The Hall–Kier alpha value is -2.64. The normalized spacial score (nSPS) is 32.4. The molecule has 0 aromatic carbocycles. The van der Waals surface area contributed by atoms with Crippen LogP contribution in [0.2, 0.25) is 0 Å². The van der Waals surface area contributed by atoms with Crippen molar-refractivity contribution in [3.8, 4) is 0 Å². The van der Waals surface area contributed by atoms with Crippen molar-refractivity contribution in [1.82, 2.24) is 25.8 Å². The predicted octanol–water partition coefficient (Wildman–Crippen LogP) is -1.58. The number of amides is 4. The molecular weight excluding hydrogens is 488 g/mol. The summed E-state index contributed by atoms with van der Waals surface area (Å²) in [5.74, 6) is -2.76. The van der Waals surface area contributed by atoms with Crippen molar-refractivity contribution in [3.05, 3.63) is 10.6 Å². The summed E-state index contributed by atoms with van der Waals surface area (Å²) >= 11 is 1.43. The Labute approximate surface area is 213 Å². The molecule has 0 bridgehead atoms. The minimum Gasteiger partial charge on any atom is -0.477 e. The van der Waals surface area contributed by atoms with Crippen LogP contribution in [-0.2, 0) is 24.0 Å². The first-order valence-corrected chi connectivity index (χ1v) is 13.2. The number of thioether (sulfide) groups is 1. The van der Waals surface area contributed by atoms with E-state index < -0.39 is 23.8 Å². The van der Waals surface area contributed by atoms with Gasteiger partial charge in [-0.2, -0.15) is 0 Å². The van der Waals surface area contributed by atoms with E-state index >= 15 is 0 Å². The minimum atomic E-state index is -1.14. The van der Waals surface area contributed by atoms with Crippen LogP contribution in [0, 0.1) is 11.8 Å². The number of carbonyl (C=O) groups is 5.